The number of benzene rings is 1. The SMILES string of the molecule is CCOC1CC(Nc2cccc3cnccc23)C1(C)C. The third-order valence-corrected chi connectivity index (χ3v) is 4.56. The van der Waals surface area contributed by atoms with Crippen LogP contribution in [0.3, 0.4) is 0 Å². The molecule has 1 aliphatic carbocycles. The van der Waals surface area contributed by atoms with Gasteiger partial charge < -0.3 is 10.1 Å². The Labute approximate surface area is 120 Å². The second-order valence-corrected chi connectivity index (χ2v) is 6.10. The van der Waals surface area contributed by atoms with Crippen molar-refractivity contribution in [2.45, 2.75) is 39.3 Å². The minimum absolute atomic E-state index is 0.172. The Morgan fingerprint density at radius 1 is 1.35 bits per heavy atom. The Balaban J connectivity index is 1.81. The minimum atomic E-state index is 0.172. The summed E-state index contributed by atoms with van der Waals surface area (Å²) in [6, 6.07) is 8.86. The molecule has 3 heteroatoms. The van der Waals surface area contributed by atoms with Crippen LogP contribution in [0.4, 0.5) is 5.69 Å². The Hall–Kier alpha value is -1.61. The van der Waals surface area contributed by atoms with Gasteiger partial charge in [0.05, 0.1) is 6.10 Å². The first-order valence-electron chi connectivity index (χ1n) is 7.34. The van der Waals surface area contributed by atoms with E-state index < -0.39 is 0 Å². The first-order chi connectivity index (χ1) is 9.63. The Bertz CT molecular complexity index is 603. The highest BCUT2D eigenvalue weighted by Gasteiger charge is 2.48. The molecule has 1 heterocycles. The van der Waals surface area contributed by atoms with E-state index in [1.807, 2.05) is 12.4 Å². The highest BCUT2D eigenvalue weighted by Crippen LogP contribution is 2.44. The van der Waals surface area contributed by atoms with Crippen LogP contribution in [0.5, 0.6) is 0 Å². The number of nitrogens with one attached hydrogen (secondary N) is 1. The molecule has 0 aliphatic heterocycles. The highest BCUT2D eigenvalue weighted by atomic mass is 16.5. The van der Waals surface area contributed by atoms with E-state index >= 15 is 0 Å². The Kier molecular flexibility index (Phi) is 3.38. The van der Waals surface area contributed by atoms with Crippen LogP contribution in [0, 0.1) is 5.41 Å². The molecule has 1 aromatic heterocycles. The summed E-state index contributed by atoms with van der Waals surface area (Å²) < 4.78 is 5.80. The maximum absolute atomic E-state index is 5.80. The van der Waals surface area contributed by atoms with Crippen LogP contribution in [0.2, 0.25) is 0 Å². The molecule has 1 aliphatic rings. The lowest BCUT2D eigenvalue weighted by atomic mass is 9.64. The van der Waals surface area contributed by atoms with Gasteiger partial charge in [0.15, 0.2) is 0 Å². The number of rotatable bonds is 4. The van der Waals surface area contributed by atoms with E-state index in [1.54, 1.807) is 0 Å². The molecule has 0 radical (unpaired) electrons. The number of aromatic nitrogens is 1. The van der Waals surface area contributed by atoms with E-state index in [2.05, 4.69) is 55.3 Å². The molecule has 0 amide bonds. The third-order valence-electron chi connectivity index (χ3n) is 4.56. The van der Waals surface area contributed by atoms with Crippen molar-refractivity contribution in [1.82, 2.24) is 4.98 Å². The van der Waals surface area contributed by atoms with Gasteiger partial charge in [-0.25, -0.2) is 0 Å². The lowest BCUT2D eigenvalue weighted by Gasteiger charge is -2.52. The van der Waals surface area contributed by atoms with E-state index in [1.165, 1.54) is 16.5 Å². The van der Waals surface area contributed by atoms with Crippen molar-refractivity contribution in [2.24, 2.45) is 5.41 Å². The van der Waals surface area contributed by atoms with Crippen molar-refractivity contribution in [3.8, 4) is 0 Å². The van der Waals surface area contributed by atoms with Gasteiger partial charge >= 0.3 is 0 Å². The molecule has 2 aromatic rings. The second kappa shape index (κ2) is 5.06. The quantitative estimate of drug-likeness (QED) is 0.916. The molecule has 106 valence electrons. The van der Waals surface area contributed by atoms with E-state index in [-0.39, 0.29) is 5.41 Å². The predicted octanol–water partition coefficient (Wildman–Crippen LogP) is 3.85. The molecular formula is C17H22N2O. The summed E-state index contributed by atoms with van der Waals surface area (Å²) in [6.45, 7) is 7.41. The largest absolute Gasteiger partial charge is 0.381 e. The molecule has 1 saturated carbocycles. The van der Waals surface area contributed by atoms with Gasteiger partial charge in [0, 0.05) is 46.9 Å². The van der Waals surface area contributed by atoms with Crippen molar-refractivity contribution in [2.75, 3.05) is 11.9 Å². The van der Waals surface area contributed by atoms with E-state index in [4.69, 9.17) is 4.74 Å². The zero-order valence-corrected chi connectivity index (χ0v) is 12.4. The van der Waals surface area contributed by atoms with Crippen LogP contribution in [0.15, 0.2) is 36.7 Å². The van der Waals surface area contributed by atoms with Crippen LogP contribution in [-0.2, 0) is 4.74 Å². The number of anilines is 1. The standard InChI is InChI=1S/C17H22N2O/c1-4-20-16-10-15(17(16,2)3)19-14-7-5-6-12-11-18-9-8-13(12)14/h5-9,11,15-16,19H,4,10H2,1-3H3. The average Bonchev–Trinajstić information content (AvgIpc) is 2.46. The number of ether oxygens (including phenoxy) is 1. The fourth-order valence-electron chi connectivity index (χ4n) is 3.05. The van der Waals surface area contributed by atoms with E-state index in [9.17, 15) is 0 Å². The summed E-state index contributed by atoms with van der Waals surface area (Å²) in [6.07, 6.45) is 5.20. The van der Waals surface area contributed by atoms with Crippen LogP contribution in [-0.4, -0.2) is 23.7 Å². The first-order valence-corrected chi connectivity index (χ1v) is 7.34. The van der Waals surface area contributed by atoms with Gasteiger partial charge in [0.25, 0.3) is 0 Å². The van der Waals surface area contributed by atoms with Gasteiger partial charge in [-0.05, 0) is 25.5 Å². The minimum Gasteiger partial charge on any atom is -0.381 e. The Morgan fingerprint density at radius 2 is 2.20 bits per heavy atom. The Morgan fingerprint density at radius 3 is 2.95 bits per heavy atom. The van der Waals surface area contributed by atoms with Crippen molar-refractivity contribution < 1.29 is 4.74 Å². The van der Waals surface area contributed by atoms with Gasteiger partial charge in [0.2, 0.25) is 0 Å². The number of hydrogen-bond acceptors (Lipinski definition) is 3. The fourth-order valence-corrected chi connectivity index (χ4v) is 3.05. The van der Waals surface area contributed by atoms with Gasteiger partial charge in [-0.15, -0.1) is 0 Å². The van der Waals surface area contributed by atoms with Crippen LogP contribution < -0.4 is 5.32 Å². The van der Waals surface area contributed by atoms with E-state index in [0.29, 0.717) is 12.1 Å². The molecule has 3 rings (SSSR count). The number of fused-ring (bicyclic) bond motifs is 1. The summed E-state index contributed by atoms with van der Waals surface area (Å²) in [5.74, 6) is 0. The lowest BCUT2D eigenvalue weighted by molar-refractivity contribution is -0.0975. The third kappa shape index (κ3) is 2.16. The molecule has 0 bridgehead atoms. The van der Waals surface area contributed by atoms with Crippen molar-refractivity contribution in [3.63, 3.8) is 0 Å². The predicted molar refractivity (Wildman–Crippen MR) is 83.0 cm³/mol. The molecule has 1 aromatic carbocycles. The fraction of sp³-hybridized carbons (Fsp3) is 0.471. The topological polar surface area (TPSA) is 34.1 Å². The van der Waals surface area contributed by atoms with Crippen molar-refractivity contribution >= 4 is 16.5 Å². The smallest absolute Gasteiger partial charge is 0.0665 e. The summed E-state index contributed by atoms with van der Waals surface area (Å²) in [5.41, 5.74) is 1.36. The first kappa shape index (κ1) is 13.4. The molecular weight excluding hydrogens is 248 g/mol. The van der Waals surface area contributed by atoms with Crippen molar-refractivity contribution in [1.29, 1.82) is 0 Å². The molecule has 2 unspecified atom stereocenters. The van der Waals surface area contributed by atoms with Crippen molar-refractivity contribution in [3.05, 3.63) is 36.7 Å². The maximum atomic E-state index is 5.80. The summed E-state index contributed by atoms with van der Waals surface area (Å²) in [5, 5.41) is 6.10. The number of nitrogens with zero attached hydrogens (tertiary/aromatic N) is 1. The van der Waals surface area contributed by atoms with Gasteiger partial charge in [-0.3, -0.25) is 4.98 Å². The maximum Gasteiger partial charge on any atom is 0.0665 e. The van der Waals surface area contributed by atoms with Gasteiger partial charge in [-0.2, -0.15) is 0 Å². The summed E-state index contributed by atoms with van der Waals surface area (Å²) >= 11 is 0. The number of hydrogen-bond donors (Lipinski definition) is 1. The molecule has 2 atom stereocenters. The summed E-state index contributed by atoms with van der Waals surface area (Å²) in [4.78, 5) is 4.18. The van der Waals surface area contributed by atoms with Gasteiger partial charge in [-0.1, -0.05) is 26.0 Å². The number of pyridine rings is 1. The normalized spacial score (nSPS) is 24.4. The van der Waals surface area contributed by atoms with Crippen LogP contribution in [0.25, 0.3) is 10.8 Å². The average molecular weight is 270 g/mol. The van der Waals surface area contributed by atoms with E-state index in [0.717, 1.165) is 13.0 Å². The molecule has 1 N–H and O–H groups in total. The zero-order chi connectivity index (χ0) is 14.2. The molecule has 20 heavy (non-hydrogen) atoms. The zero-order valence-electron chi connectivity index (χ0n) is 12.4. The molecule has 0 saturated heterocycles. The highest BCUT2D eigenvalue weighted by molar-refractivity contribution is 5.93. The summed E-state index contributed by atoms with van der Waals surface area (Å²) in [7, 11) is 0. The lowest BCUT2D eigenvalue weighted by Crippen LogP contribution is -2.58. The monoisotopic (exact) mass is 270 g/mol. The molecule has 1 fully saturated rings. The van der Waals surface area contributed by atoms with Crippen LogP contribution in [0.1, 0.15) is 27.2 Å². The second-order valence-electron chi connectivity index (χ2n) is 6.10. The molecule has 0 spiro atoms. The molecule has 3 nitrogen and oxygen atoms in total. The van der Waals surface area contributed by atoms with Crippen LogP contribution >= 0.6 is 0 Å². The van der Waals surface area contributed by atoms with Gasteiger partial charge in [0.1, 0.15) is 0 Å².